The number of halogens is 2. The molecule has 3 rings (SSSR count). The molecule has 0 unspecified atom stereocenters. The Morgan fingerprint density at radius 3 is 2.67 bits per heavy atom. The lowest BCUT2D eigenvalue weighted by Crippen LogP contribution is -2.05. The van der Waals surface area contributed by atoms with Crippen molar-refractivity contribution in [2.75, 3.05) is 5.73 Å². The minimum Gasteiger partial charge on any atom is -0.399 e. The van der Waals surface area contributed by atoms with Crippen molar-refractivity contribution < 1.29 is 4.39 Å². The van der Waals surface area contributed by atoms with Crippen molar-refractivity contribution in [1.82, 2.24) is 20.2 Å². The van der Waals surface area contributed by atoms with Gasteiger partial charge in [0, 0.05) is 10.2 Å². The van der Waals surface area contributed by atoms with Gasteiger partial charge in [0.25, 0.3) is 0 Å². The van der Waals surface area contributed by atoms with Crippen LogP contribution in [0.5, 0.6) is 0 Å². The molecule has 0 aliphatic rings. The number of nitrogen functional groups attached to an aromatic ring is 1. The summed E-state index contributed by atoms with van der Waals surface area (Å²) < 4.78 is 16.5. The molecule has 0 aliphatic carbocycles. The molecule has 0 fully saturated rings. The third kappa shape index (κ3) is 2.92. The molecule has 0 radical (unpaired) electrons. The Hall–Kier alpha value is -2.28. The van der Waals surface area contributed by atoms with Gasteiger partial charge in [-0.3, -0.25) is 0 Å². The van der Waals surface area contributed by atoms with Crippen molar-refractivity contribution in [3.05, 3.63) is 58.3 Å². The number of benzene rings is 2. The summed E-state index contributed by atoms with van der Waals surface area (Å²) in [6.45, 7) is 0.448. The van der Waals surface area contributed by atoms with Crippen LogP contribution in [0, 0.1) is 5.82 Å². The molecule has 0 amide bonds. The maximum Gasteiger partial charge on any atom is 0.185 e. The molecule has 2 aromatic carbocycles. The Kier molecular flexibility index (Phi) is 3.66. The number of nitrogens with two attached hydrogens (primary N) is 1. The van der Waals surface area contributed by atoms with Crippen LogP contribution in [-0.2, 0) is 6.54 Å². The van der Waals surface area contributed by atoms with Gasteiger partial charge in [-0.2, -0.15) is 0 Å². The van der Waals surface area contributed by atoms with E-state index in [9.17, 15) is 4.39 Å². The molecule has 21 heavy (non-hydrogen) atoms. The molecule has 1 aromatic heterocycles. The van der Waals surface area contributed by atoms with E-state index in [4.69, 9.17) is 5.73 Å². The maximum atomic E-state index is 13.9. The Bertz CT molecular complexity index is 769. The maximum absolute atomic E-state index is 13.9. The molecule has 1 heterocycles. The lowest BCUT2D eigenvalue weighted by atomic mass is 10.1. The summed E-state index contributed by atoms with van der Waals surface area (Å²) in [6.07, 6.45) is 0. The van der Waals surface area contributed by atoms with E-state index in [2.05, 4.69) is 31.5 Å². The van der Waals surface area contributed by atoms with Gasteiger partial charge in [0.1, 0.15) is 5.82 Å². The highest BCUT2D eigenvalue weighted by atomic mass is 79.9. The summed E-state index contributed by atoms with van der Waals surface area (Å²) in [5, 5.41) is 11.4. The highest BCUT2D eigenvalue weighted by Gasteiger charge is 2.14. The molecule has 0 spiro atoms. The number of aromatic nitrogens is 4. The summed E-state index contributed by atoms with van der Waals surface area (Å²) in [5.74, 6) is -0.0567. The predicted molar refractivity (Wildman–Crippen MR) is 80.9 cm³/mol. The monoisotopic (exact) mass is 347 g/mol. The van der Waals surface area contributed by atoms with Crippen LogP contribution < -0.4 is 5.73 Å². The normalized spacial score (nSPS) is 10.8. The molecule has 0 atom stereocenters. The summed E-state index contributed by atoms with van der Waals surface area (Å²) >= 11 is 3.38. The van der Waals surface area contributed by atoms with E-state index in [1.54, 1.807) is 4.68 Å². The summed E-state index contributed by atoms with van der Waals surface area (Å²) in [4.78, 5) is 0. The molecule has 0 saturated carbocycles. The first kappa shape index (κ1) is 13.7. The molecule has 7 heteroatoms. The van der Waals surface area contributed by atoms with Crippen LogP contribution in [0.3, 0.4) is 0 Å². The van der Waals surface area contributed by atoms with Gasteiger partial charge >= 0.3 is 0 Å². The van der Waals surface area contributed by atoms with E-state index >= 15 is 0 Å². The van der Waals surface area contributed by atoms with Crippen molar-refractivity contribution in [1.29, 1.82) is 0 Å². The highest BCUT2D eigenvalue weighted by molar-refractivity contribution is 9.10. The molecule has 0 saturated heterocycles. The SMILES string of the molecule is Nc1ccc(F)c(-c2nnnn2Cc2ccc(Br)cc2)c1. The standard InChI is InChI=1S/C14H11BrFN5/c15-10-3-1-9(2-4-10)8-21-14(18-19-20-21)12-7-11(17)5-6-13(12)16/h1-7H,8,17H2. The van der Waals surface area contributed by atoms with Crippen LogP contribution in [0.25, 0.3) is 11.4 Å². The third-order valence-electron chi connectivity index (χ3n) is 3.01. The van der Waals surface area contributed by atoms with E-state index in [1.165, 1.54) is 18.2 Å². The molecular formula is C14H11BrFN5. The summed E-state index contributed by atoms with van der Waals surface area (Å²) in [5.41, 5.74) is 7.46. The van der Waals surface area contributed by atoms with Gasteiger partial charge in [-0.25, -0.2) is 9.07 Å². The average molecular weight is 348 g/mol. The first-order valence-corrected chi connectivity index (χ1v) is 6.99. The van der Waals surface area contributed by atoms with Crippen molar-refractivity contribution >= 4 is 21.6 Å². The fourth-order valence-corrected chi connectivity index (χ4v) is 2.25. The molecule has 0 aliphatic heterocycles. The number of hydrogen-bond acceptors (Lipinski definition) is 4. The van der Waals surface area contributed by atoms with Crippen LogP contribution in [-0.4, -0.2) is 20.2 Å². The van der Waals surface area contributed by atoms with E-state index in [1.807, 2.05) is 24.3 Å². The van der Waals surface area contributed by atoms with E-state index in [0.717, 1.165) is 10.0 Å². The number of anilines is 1. The zero-order chi connectivity index (χ0) is 14.8. The van der Waals surface area contributed by atoms with Crippen LogP contribution in [0.1, 0.15) is 5.56 Å². The first-order valence-electron chi connectivity index (χ1n) is 6.19. The van der Waals surface area contributed by atoms with Crippen molar-refractivity contribution in [3.63, 3.8) is 0 Å². The minimum atomic E-state index is -0.406. The molecule has 2 N–H and O–H groups in total. The molecule has 3 aromatic rings. The second-order valence-corrected chi connectivity index (χ2v) is 5.44. The molecule has 5 nitrogen and oxygen atoms in total. The summed E-state index contributed by atoms with van der Waals surface area (Å²) in [6, 6.07) is 12.1. The highest BCUT2D eigenvalue weighted by Crippen LogP contribution is 2.23. The van der Waals surface area contributed by atoms with Gasteiger partial charge in [0.05, 0.1) is 12.1 Å². The summed E-state index contributed by atoms with van der Waals surface area (Å²) in [7, 11) is 0. The second-order valence-electron chi connectivity index (χ2n) is 4.53. The zero-order valence-corrected chi connectivity index (χ0v) is 12.5. The third-order valence-corrected chi connectivity index (χ3v) is 3.54. The van der Waals surface area contributed by atoms with Gasteiger partial charge in [-0.1, -0.05) is 28.1 Å². The van der Waals surface area contributed by atoms with E-state index in [0.29, 0.717) is 18.1 Å². The van der Waals surface area contributed by atoms with Crippen LogP contribution in [0.15, 0.2) is 46.9 Å². The second kappa shape index (κ2) is 5.61. The zero-order valence-electron chi connectivity index (χ0n) is 10.9. The first-order chi connectivity index (χ1) is 10.1. The molecule has 106 valence electrons. The molecular weight excluding hydrogens is 337 g/mol. The minimum absolute atomic E-state index is 0.289. The van der Waals surface area contributed by atoms with Gasteiger partial charge in [-0.15, -0.1) is 5.10 Å². The molecule has 0 bridgehead atoms. The Morgan fingerprint density at radius 2 is 1.90 bits per heavy atom. The van der Waals surface area contributed by atoms with Gasteiger partial charge in [-0.05, 0) is 46.3 Å². The quantitative estimate of drug-likeness (QED) is 0.739. The Balaban J connectivity index is 1.97. The largest absolute Gasteiger partial charge is 0.399 e. The van der Waals surface area contributed by atoms with Crippen LogP contribution in [0.4, 0.5) is 10.1 Å². The number of tetrazole rings is 1. The average Bonchev–Trinajstić information content (AvgIpc) is 2.92. The van der Waals surface area contributed by atoms with Crippen molar-refractivity contribution in [2.45, 2.75) is 6.54 Å². The van der Waals surface area contributed by atoms with Crippen molar-refractivity contribution in [3.8, 4) is 11.4 Å². The van der Waals surface area contributed by atoms with E-state index in [-0.39, 0.29) is 5.56 Å². The van der Waals surface area contributed by atoms with E-state index < -0.39 is 5.82 Å². The topological polar surface area (TPSA) is 69.6 Å². The fraction of sp³-hybridized carbons (Fsp3) is 0.0714. The Labute approximate surface area is 128 Å². The van der Waals surface area contributed by atoms with Gasteiger partial charge in [0.2, 0.25) is 0 Å². The predicted octanol–water partition coefficient (Wildman–Crippen LogP) is 2.87. The lowest BCUT2D eigenvalue weighted by Gasteiger charge is -2.06. The number of hydrogen-bond donors (Lipinski definition) is 1. The number of rotatable bonds is 3. The van der Waals surface area contributed by atoms with Gasteiger partial charge < -0.3 is 5.73 Å². The van der Waals surface area contributed by atoms with Gasteiger partial charge in [0.15, 0.2) is 5.82 Å². The fourth-order valence-electron chi connectivity index (χ4n) is 1.98. The lowest BCUT2D eigenvalue weighted by molar-refractivity contribution is 0.621. The van der Waals surface area contributed by atoms with Crippen molar-refractivity contribution in [2.24, 2.45) is 0 Å². The van der Waals surface area contributed by atoms with Crippen LogP contribution in [0.2, 0.25) is 0 Å². The smallest absolute Gasteiger partial charge is 0.185 e. The van der Waals surface area contributed by atoms with Crippen LogP contribution >= 0.6 is 15.9 Å². The number of nitrogens with zero attached hydrogens (tertiary/aromatic N) is 4. The Morgan fingerprint density at radius 1 is 1.14 bits per heavy atom.